The Balaban J connectivity index is 0.000000144. The normalized spacial score (nSPS) is 38.7. The lowest BCUT2D eigenvalue weighted by atomic mass is 9.58. The zero-order valence-electron chi connectivity index (χ0n) is 48.9. The third-order valence-corrected chi connectivity index (χ3v) is 22.3. The zero-order valence-corrected chi connectivity index (χ0v) is 48.9. The summed E-state index contributed by atoms with van der Waals surface area (Å²) in [5.41, 5.74) is 9.87. The summed E-state index contributed by atoms with van der Waals surface area (Å²) in [6.07, 6.45) is 41.1. The highest BCUT2D eigenvalue weighted by atomic mass is 16.5. The molecule has 2 aromatic heterocycles. The average molecular weight is 1030 g/mol. The third kappa shape index (κ3) is 8.35. The first-order chi connectivity index (χ1) is 37.2. The monoisotopic (exact) mass is 1020 g/mol. The summed E-state index contributed by atoms with van der Waals surface area (Å²) in [6.45, 7) is 26.4. The van der Waals surface area contributed by atoms with E-state index in [0.717, 1.165) is 12.1 Å². The Morgan fingerprint density at radius 3 is 1.30 bits per heavy atom. The number of ether oxygens (including phenoxy) is 2. The van der Waals surface area contributed by atoms with Crippen molar-refractivity contribution in [3.05, 3.63) is 131 Å². The number of aromatic nitrogens is 2. The van der Waals surface area contributed by atoms with Gasteiger partial charge in [-0.3, -0.25) is 9.97 Å². The molecule has 0 N–H and O–H groups in total. The number of hydrogen-bond acceptors (Lipinski definition) is 6. The van der Waals surface area contributed by atoms with Gasteiger partial charge in [0.15, 0.2) is 0 Å². The van der Waals surface area contributed by atoms with E-state index in [1.165, 1.54) is 174 Å². The van der Waals surface area contributed by atoms with E-state index in [9.17, 15) is 0 Å². The van der Waals surface area contributed by atoms with E-state index in [2.05, 4.69) is 106 Å². The number of allylic oxidation sites excluding steroid dienone is 2. The Morgan fingerprint density at radius 2 is 0.908 bits per heavy atom. The molecule has 6 aliphatic carbocycles. The number of rotatable bonds is 4. The first kappa shape index (κ1) is 54.0. The fourth-order valence-electron chi connectivity index (χ4n) is 18.5. The molecule has 8 fully saturated rings. The molecule has 4 spiro atoms. The lowest BCUT2D eigenvalue weighted by Crippen LogP contribution is -2.56. The minimum absolute atomic E-state index is 0.0286. The van der Waals surface area contributed by atoms with E-state index in [-0.39, 0.29) is 33.2 Å². The van der Waals surface area contributed by atoms with Crippen LogP contribution in [0, 0.1) is 22.7 Å². The molecule has 4 saturated carbocycles. The maximum atomic E-state index is 7.49. The van der Waals surface area contributed by atoms with E-state index in [1.807, 2.05) is 80.2 Å². The molecule has 4 saturated heterocycles. The van der Waals surface area contributed by atoms with Crippen molar-refractivity contribution in [3.8, 4) is 0 Å². The number of fused-ring (bicyclic) bond motifs is 4. The first-order valence-corrected chi connectivity index (χ1v) is 31.6. The van der Waals surface area contributed by atoms with Crippen LogP contribution in [-0.4, -0.2) is 80.4 Å². The van der Waals surface area contributed by atoms with Gasteiger partial charge in [-0.2, -0.15) is 0 Å². The van der Waals surface area contributed by atoms with Crippen LogP contribution in [0.3, 0.4) is 0 Å². The predicted octanol–water partition coefficient (Wildman–Crippen LogP) is 17.2. The van der Waals surface area contributed by atoms with E-state index in [1.54, 1.807) is 22.3 Å². The number of likely N-dealkylation sites (tertiary alicyclic amines) is 2. The minimum Gasteiger partial charge on any atom is -0.359 e. The SMILES string of the molecule is CC.CC.CC.CC.C[C@]12CC=C3C=C4CC[C@@H](N5CCC5)C[C@]45CC[C@]3(O5)[C@@H]1CC[C@@H]2c1ccc2ccncc2c1.C[C@]12CC=C3C=C4CC[C@H](N5CCC5)C[C@]45CC[C@]3(O5)[C@@H]1CC[C@@H]2c1ccc2ccncc2c1. The largest absolute Gasteiger partial charge is 0.359 e. The molecule has 6 heteroatoms. The Hall–Kier alpha value is -3.94. The number of pyridine rings is 2. The summed E-state index contributed by atoms with van der Waals surface area (Å²) in [5.74, 6) is 2.44. The lowest BCUT2D eigenvalue weighted by Gasteiger charge is -2.55. The van der Waals surface area contributed by atoms with Gasteiger partial charge in [-0.15, -0.1) is 0 Å². The van der Waals surface area contributed by atoms with Crippen LogP contribution >= 0.6 is 0 Å². The smallest absolute Gasteiger partial charge is 0.0974 e. The lowest BCUT2D eigenvalue weighted by molar-refractivity contribution is -0.143. The van der Waals surface area contributed by atoms with Gasteiger partial charge in [-0.25, -0.2) is 0 Å². The molecule has 6 nitrogen and oxygen atoms in total. The molecule has 8 heterocycles. The second-order valence-electron chi connectivity index (χ2n) is 25.0. The first-order valence-electron chi connectivity index (χ1n) is 31.6. The predicted molar refractivity (Wildman–Crippen MR) is 317 cm³/mol. The summed E-state index contributed by atoms with van der Waals surface area (Å²) in [6, 6.07) is 20.0. The molecule has 16 rings (SSSR count). The van der Waals surface area contributed by atoms with Crippen molar-refractivity contribution < 1.29 is 9.47 Å². The standard InChI is InChI=1S/2C31H36N2O.4C2H6/c2*1-29-11-9-25-18-24-5-6-26(33-15-2-16-33)19-30(24)12-13-31(25,34-30)28(29)8-7-27(29)22-4-3-21-10-14-32-20-23(21)17-22;4*1-2/h2*3-4,9-10,14,17-18,20,26-28H,2,5-8,11-13,15-16,19H2,1H3;4*1-2H3/t26-,27+,28+,29+,30+,31+;26-,27-,28-,29-,30-,31-;;;;/m01..../s1. The highest BCUT2D eigenvalue weighted by Crippen LogP contribution is 2.71. The molecule has 0 unspecified atom stereocenters. The third-order valence-electron chi connectivity index (χ3n) is 22.3. The van der Waals surface area contributed by atoms with Gasteiger partial charge < -0.3 is 19.3 Å². The Morgan fingerprint density at radius 1 is 0.487 bits per heavy atom. The van der Waals surface area contributed by atoms with Gasteiger partial charge in [0.25, 0.3) is 0 Å². The second-order valence-corrected chi connectivity index (χ2v) is 25.0. The van der Waals surface area contributed by atoms with Gasteiger partial charge in [-0.05, 0) is 245 Å². The molecule has 76 heavy (non-hydrogen) atoms. The van der Waals surface area contributed by atoms with Crippen molar-refractivity contribution in [1.29, 1.82) is 0 Å². The van der Waals surface area contributed by atoms with Crippen molar-refractivity contribution in [1.82, 2.24) is 19.8 Å². The van der Waals surface area contributed by atoms with E-state index < -0.39 is 0 Å². The van der Waals surface area contributed by atoms with Crippen molar-refractivity contribution in [2.45, 2.75) is 231 Å². The fraction of sp³-hybridized carbons (Fsp3) is 0.629. The molecular formula is C70H96N4O2. The van der Waals surface area contributed by atoms with Gasteiger partial charge >= 0.3 is 0 Å². The Bertz CT molecular complexity index is 2680. The summed E-state index contributed by atoms with van der Waals surface area (Å²) < 4.78 is 15.0. The van der Waals surface area contributed by atoms with Crippen LogP contribution in [0.1, 0.15) is 208 Å². The maximum Gasteiger partial charge on any atom is 0.0974 e. The molecule has 4 aromatic rings. The fourth-order valence-corrected chi connectivity index (χ4v) is 18.5. The topological polar surface area (TPSA) is 50.7 Å². The molecule has 4 bridgehead atoms. The van der Waals surface area contributed by atoms with E-state index >= 15 is 0 Å². The maximum absolute atomic E-state index is 7.49. The highest BCUT2D eigenvalue weighted by molar-refractivity contribution is 5.83. The van der Waals surface area contributed by atoms with Gasteiger partial charge in [-0.1, -0.05) is 118 Å². The molecule has 0 radical (unpaired) electrons. The van der Waals surface area contributed by atoms with Crippen LogP contribution in [0.4, 0.5) is 0 Å². The molecule has 12 aliphatic rings. The molecule has 6 aliphatic heterocycles. The van der Waals surface area contributed by atoms with Gasteiger partial charge in [0.2, 0.25) is 0 Å². The van der Waals surface area contributed by atoms with Crippen molar-refractivity contribution >= 4 is 21.5 Å². The van der Waals surface area contributed by atoms with Crippen molar-refractivity contribution in [2.75, 3.05) is 26.2 Å². The minimum atomic E-state index is -0.0412. The Labute approximate surface area is 459 Å². The van der Waals surface area contributed by atoms with Crippen LogP contribution in [0.5, 0.6) is 0 Å². The van der Waals surface area contributed by atoms with Crippen LogP contribution < -0.4 is 0 Å². The molecule has 12 atom stereocenters. The molecular weight excluding hydrogens is 929 g/mol. The van der Waals surface area contributed by atoms with Crippen LogP contribution in [0.2, 0.25) is 0 Å². The summed E-state index contributed by atoms with van der Waals surface area (Å²) in [4.78, 5) is 14.2. The van der Waals surface area contributed by atoms with Gasteiger partial charge in [0, 0.05) is 47.6 Å². The van der Waals surface area contributed by atoms with Crippen LogP contribution in [0.25, 0.3) is 21.5 Å². The van der Waals surface area contributed by atoms with Crippen molar-refractivity contribution in [2.24, 2.45) is 22.7 Å². The number of hydrogen-bond donors (Lipinski definition) is 0. The zero-order chi connectivity index (χ0) is 53.1. The summed E-state index contributed by atoms with van der Waals surface area (Å²) in [7, 11) is 0. The van der Waals surface area contributed by atoms with Gasteiger partial charge in [0.1, 0.15) is 0 Å². The highest BCUT2D eigenvalue weighted by Gasteiger charge is 2.68. The van der Waals surface area contributed by atoms with Gasteiger partial charge in [0.05, 0.1) is 22.4 Å². The average Bonchev–Trinajstić information content (AvgIpc) is 4.29. The van der Waals surface area contributed by atoms with E-state index in [0.29, 0.717) is 23.7 Å². The quantitative estimate of drug-likeness (QED) is 0.203. The summed E-state index contributed by atoms with van der Waals surface area (Å²) >= 11 is 0. The van der Waals surface area contributed by atoms with E-state index in [4.69, 9.17) is 9.47 Å². The second kappa shape index (κ2) is 21.3. The van der Waals surface area contributed by atoms with Crippen LogP contribution in [-0.2, 0) is 9.47 Å². The molecule has 408 valence electrons. The van der Waals surface area contributed by atoms with Crippen LogP contribution in [0.15, 0.2) is 120 Å². The number of benzene rings is 2. The molecule has 2 aromatic carbocycles. The number of nitrogens with zero attached hydrogens (tertiary/aromatic N) is 4. The molecule has 0 amide bonds. The summed E-state index contributed by atoms with van der Waals surface area (Å²) in [5, 5.41) is 5.14. The Kier molecular flexibility index (Phi) is 15.1. The van der Waals surface area contributed by atoms with Crippen molar-refractivity contribution in [3.63, 3.8) is 0 Å².